The predicted octanol–water partition coefficient (Wildman–Crippen LogP) is 2.03. The van der Waals surface area contributed by atoms with E-state index in [1.807, 2.05) is 0 Å². The number of aliphatic carboxylic acids is 1. The summed E-state index contributed by atoms with van der Waals surface area (Å²) in [6, 6.07) is 4.84. The largest absolute Gasteiger partial charge is 0.481 e. The molecule has 0 atom stereocenters. The van der Waals surface area contributed by atoms with Crippen molar-refractivity contribution in [2.24, 2.45) is 7.05 Å². The molecule has 0 unspecified atom stereocenters. The van der Waals surface area contributed by atoms with Gasteiger partial charge in [0.1, 0.15) is 5.82 Å². The highest BCUT2D eigenvalue weighted by Crippen LogP contribution is 2.25. The van der Waals surface area contributed by atoms with E-state index in [0.717, 1.165) is 12.1 Å². The Labute approximate surface area is 130 Å². The minimum atomic E-state index is -1.30. The van der Waals surface area contributed by atoms with Crippen LogP contribution in [0.3, 0.4) is 0 Å². The number of carbonyl (C=O) groups excluding carboxylic acids is 1. The van der Waals surface area contributed by atoms with E-state index < -0.39 is 30.0 Å². The first-order valence-corrected chi connectivity index (χ1v) is 6.67. The summed E-state index contributed by atoms with van der Waals surface area (Å²) in [6.45, 7) is 1.45. The summed E-state index contributed by atoms with van der Waals surface area (Å²) in [5.41, 5.74) is 0.290. The third-order valence-corrected chi connectivity index (χ3v) is 3.61. The van der Waals surface area contributed by atoms with Gasteiger partial charge in [0.15, 0.2) is 0 Å². The van der Waals surface area contributed by atoms with Gasteiger partial charge >= 0.3 is 11.9 Å². The lowest BCUT2D eigenvalue weighted by molar-refractivity contribution is -0.136. The van der Waals surface area contributed by atoms with Crippen LogP contribution < -0.4 is 0 Å². The molecular weight excluding hydrogens is 305 g/mol. The zero-order valence-corrected chi connectivity index (χ0v) is 12.5. The third kappa shape index (κ3) is 2.98. The molecule has 23 heavy (non-hydrogen) atoms. The number of carbonyl (C=O) groups is 3. The second kappa shape index (κ2) is 6.04. The molecule has 0 spiro atoms. The Balaban J connectivity index is 2.63. The first kappa shape index (κ1) is 16.4. The molecule has 0 amide bonds. The van der Waals surface area contributed by atoms with Crippen molar-refractivity contribution < 1.29 is 29.0 Å². The lowest BCUT2D eigenvalue weighted by Crippen LogP contribution is -2.13. The number of benzene rings is 1. The van der Waals surface area contributed by atoms with Crippen LogP contribution in [-0.4, -0.2) is 32.5 Å². The molecule has 0 radical (unpaired) electrons. The summed E-state index contributed by atoms with van der Waals surface area (Å²) in [5, 5.41) is 18.3. The summed E-state index contributed by atoms with van der Waals surface area (Å²) in [5.74, 6) is -3.49. The van der Waals surface area contributed by atoms with Crippen molar-refractivity contribution in [1.82, 2.24) is 4.57 Å². The van der Waals surface area contributed by atoms with Gasteiger partial charge in [-0.25, -0.2) is 9.18 Å². The number of carboxylic acids is 2. The van der Waals surface area contributed by atoms with E-state index in [0.29, 0.717) is 0 Å². The highest BCUT2D eigenvalue weighted by atomic mass is 19.1. The van der Waals surface area contributed by atoms with Crippen molar-refractivity contribution in [3.8, 4) is 0 Å². The minimum Gasteiger partial charge on any atom is -0.481 e. The van der Waals surface area contributed by atoms with Crippen molar-refractivity contribution in [3.63, 3.8) is 0 Å². The van der Waals surface area contributed by atoms with Crippen LogP contribution in [0.2, 0.25) is 0 Å². The van der Waals surface area contributed by atoms with Crippen molar-refractivity contribution in [1.29, 1.82) is 0 Å². The quantitative estimate of drug-likeness (QED) is 0.822. The first-order valence-electron chi connectivity index (χ1n) is 6.67. The highest BCUT2D eigenvalue weighted by molar-refractivity contribution is 6.11. The average Bonchev–Trinajstić information content (AvgIpc) is 2.69. The number of aromatic nitrogens is 1. The Morgan fingerprint density at radius 3 is 2.17 bits per heavy atom. The topological polar surface area (TPSA) is 96.6 Å². The van der Waals surface area contributed by atoms with Gasteiger partial charge in [-0.2, -0.15) is 0 Å². The van der Waals surface area contributed by atoms with Gasteiger partial charge < -0.3 is 14.8 Å². The van der Waals surface area contributed by atoms with Gasteiger partial charge in [-0.1, -0.05) is 0 Å². The average molecular weight is 319 g/mol. The SMILES string of the molecule is Cc1c(C(=O)O)c(CC(=O)O)n(C)c1C(=O)c1ccc(F)cc1. The second-order valence-corrected chi connectivity index (χ2v) is 5.07. The summed E-state index contributed by atoms with van der Waals surface area (Å²) in [7, 11) is 1.44. The van der Waals surface area contributed by atoms with Crippen LogP contribution in [-0.2, 0) is 18.3 Å². The molecule has 2 N–H and O–H groups in total. The maximum atomic E-state index is 13.0. The summed E-state index contributed by atoms with van der Waals surface area (Å²) >= 11 is 0. The van der Waals surface area contributed by atoms with Crippen molar-refractivity contribution >= 4 is 17.7 Å². The van der Waals surface area contributed by atoms with E-state index in [9.17, 15) is 23.9 Å². The Morgan fingerprint density at radius 2 is 1.70 bits per heavy atom. The van der Waals surface area contributed by atoms with E-state index >= 15 is 0 Å². The lowest BCUT2D eigenvalue weighted by Gasteiger charge is -2.07. The maximum absolute atomic E-state index is 13.0. The standard InChI is InChI=1S/C16H14FNO5/c1-8-13(16(22)23)11(7-12(19)20)18(2)14(8)15(21)9-3-5-10(17)6-4-9/h3-6H,7H2,1-2H3,(H,19,20)(H,22,23). The molecule has 0 aliphatic carbocycles. The molecule has 0 saturated heterocycles. The van der Waals surface area contributed by atoms with Crippen molar-refractivity contribution in [2.45, 2.75) is 13.3 Å². The van der Waals surface area contributed by atoms with Gasteiger partial charge in [-0.15, -0.1) is 0 Å². The van der Waals surface area contributed by atoms with Crippen molar-refractivity contribution in [2.75, 3.05) is 0 Å². The number of aromatic carboxylic acids is 1. The van der Waals surface area contributed by atoms with Gasteiger partial charge in [-0.3, -0.25) is 9.59 Å². The lowest BCUT2D eigenvalue weighted by atomic mass is 10.0. The fourth-order valence-corrected chi connectivity index (χ4v) is 2.58. The van der Waals surface area contributed by atoms with Crippen LogP contribution in [0.5, 0.6) is 0 Å². The fourth-order valence-electron chi connectivity index (χ4n) is 2.58. The molecule has 120 valence electrons. The number of carboxylic acid groups (broad SMARTS) is 2. The molecule has 0 saturated carbocycles. The Morgan fingerprint density at radius 1 is 1.13 bits per heavy atom. The van der Waals surface area contributed by atoms with E-state index in [1.165, 1.54) is 30.7 Å². The number of nitrogens with zero attached hydrogens (tertiary/aromatic N) is 1. The monoisotopic (exact) mass is 319 g/mol. The Hall–Kier alpha value is -2.96. The van der Waals surface area contributed by atoms with Crippen LogP contribution in [0, 0.1) is 12.7 Å². The van der Waals surface area contributed by atoms with Gasteiger partial charge in [0.2, 0.25) is 5.78 Å². The number of halogens is 1. The van der Waals surface area contributed by atoms with Gasteiger partial charge in [-0.05, 0) is 36.8 Å². The van der Waals surface area contributed by atoms with Gasteiger partial charge in [0.25, 0.3) is 0 Å². The summed E-state index contributed by atoms with van der Waals surface area (Å²) in [6.07, 6.45) is -0.518. The molecule has 1 heterocycles. The molecule has 1 aromatic carbocycles. The zero-order valence-electron chi connectivity index (χ0n) is 12.5. The van der Waals surface area contributed by atoms with Gasteiger partial charge in [0.05, 0.1) is 17.7 Å². The van der Waals surface area contributed by atoms with Crippen LogP contribution in [0.1, 0.15) is 37.7 Å². The van der Waals surface area contributed by atoms with E-state index in [1.54, 1.807) is 0 Å². The fraction of sp³-hybridized carbons (Fsp3) is 0.188. The smallest absolute Gasteiger partial charge is 0.337 e. The maximum Gasteiger partial charge on any atom is 0.337 e. The molecule has 0 bridgehead atoms. The number of rotatable bonds is 5. The number of hydrogen-bond acceptors (Lipinski definition) is 3. The van der Waals surface area contributed by atoms with Crippen molar-refractivity contribution in [3.05, 3.63) is 58.2 Å². The van der Waals surface area contributed by atoms with E-state index in [-0.39, 0.29) is 28.1 Å². The minimum absolute atomic E-state index is 0.0351. The summed E-state index contributed by atoms with van der Waals surface area (Å²) in [4.78, 5) is 35.0. The molecule has 7 heteroatoms. The molecule has 1 aromatic heterocycles. The molecule has 2 aromatic rings. The van der Waals surface area contributed by atoms with E-state index in [2.05, 4.69) is 0 Å². The van der Waals surface area contributed by atoms with E-state index in [4.69, 9.17) is 5.11 Å². The molecule has 0 fully saturated rings. The Bertz CT molecular complexity index is 805. The first-order chi connectivity index (χ1) is 10.7. The van der Waals surface area contributed by atoms with Crippen LogP contribution in [0.15, 0.2) is 24.3 Å². The highest BCUT2D eigenvalue weighted by Gasteiger charge is 2.28. The molecular formula is C16H14FNO5. The molecule has 6 nitrogen and oxygen atoms in total. The second-order valence-electron chi connectivity index (χ2n) is 5.07. The number of ketones is 1. The van der Waals surface area contributed by atoms with Gasteiger partial charge in [0, 0.05) is 18.3 Å². The normalized spacial score (nSPS) is 10.6. The zero-order chi connectivity index (χ0) is 17.3. The number of hydrogen-bond donors (Lipinski definition) is 2. The third-order valence-electron chi connectivity index (χ3n) is 3.61. The predicted molar refractivity (Wildman–Crippen MR) is 78.3 cm³/mol. The summed E-state index contributed by atoms with van der Waals surface area (Å²) < 4.78 is 14.2. The van der Waals surface area contributed by atoms with Crippen LogP contribution in [0.25, 0.3) is 0 Å². The molecule has 0 aliphatic heterocycles. The molecule has 2 rings (SSSR count). The van der Waals surface area contributed by atoms with Crippen LogP contribution >= 0.6 is 0 Å². The molecule has 0 aliphatic rings. The van der Waals surface area contributed by atoms with Crippen LogP contribution in [0.4, 0.5) is 4.39 Å². The Kier molecular flexibility index (Phi) is 4.31.